The van der Waals surface area contributed by atoms with E-state index in [4.69, 9.17) is 18.0 Å². The van der Waals surface area contributed by atoms with Crippen molar-refractivity contribution in [3.8, 4) is 0 Å². The van der Waals surface area contributed by atoms with Gasteiger partial charge >= 0.3 is 0 Å². The highest BCUT2D eigenvalue weighted by atomic mass is 32.2. The fraction of sp³-hybridized carbons (Fsp3) is 0.833. The molecule has 10 heavy (non-hydrogen) atoms. The molecule has 0 bridgehead atoms. The maximum absolute atomic E-state index is 5.55. The SMILES string of the molecule is CC1SCCSC1C(N)=S. The van der Waals surface area contributed by atoms with Gasteiger partial charge in [0.25, 0.3) is 0 Å². The van der Waals surface area contributed by atoms with E-state index >= 15 is 0 Å². The molecule has 0 saturated carbocycles. The molecule has 4 heteroatoms. The van der Waals surface area contributed by atoms with Crippen molar-refractivity contribution < 1.29 is 0 Å². The number of thioether (sulfide) groups is 2. The largest absolute Gasteiger partial charge is 0.392 e. The van der Waals surface area contributed by atoms with Gasteiger partial charge in [0.15, 0.2) is 0 Å². The summed E-state index contributed by atoms with van der Waals surface area (Å²) in [6, 6.07) is 0. The number of hydrogen-bond acceptors (Lipinski definition) is 3. The summed E-state index contributed by atoms with van der Waals surface area (Å²) >= 11 is 8.79. The van der Waals surface area contributed by atoms with E-state index in [2.05, 4.69) is 6.92 Å². The standard InChI is InChI=1S/C6H11NS3/c1-4-5(6(7)8)10-3-2-9-4/h4-5H,2-3H2,1H3,(H2,7,8). The summed E-state index contributed by atoms with van der Waals surface area (Å²) in [5.41, 5.74) is 5.55. The van der Waals surface area contributed by atoms with Gasteiger partial charge in [-0.3, -0.25) is 0 Å². The second kappa shape index (κ2) is 3.83. The van der Waals surface area contributed by atoms with E-state index in [1.165, 1.54) is 11.5 Å². The Labute approximate surface area is 75.5 Å². The minimum absolute atomic E-state index is 0.411. The molecule has 0 aromatic rings. The van der Waals surface area contributed by atoms with Crippen molar-refractivity contribution in [3.05, 3.63) is 0 Å². The summed E-state index contributed by atoms with van der Waals surface area (Å²) in [7, 11) is 0. The molecular formula is C6H11NS3. The third kappa shape index (κ3) is 2.04. The quantitative estimate of drug-likeness (QED) is 0.639. The monoisotopic (exact) mass is 193 g/mol. The maximum atomic E-state index is 5.55. The zero-order valence-electron chi connectivity index (χ0n) is 5.87. The Balaban J connectivity index is 2.47. The highest BCUT2D eigenvalue weighted by Crippen LogP contribution is 2.30. The number of hydrogen-bond donors (Lipinski definition) is 1. The molecule has 1 fully saturated rings. The van der Waals surface area contributed by atoms with Gasteiger partial charge in [0.1, 0.15) is 0 Å². The van der Waals surface area contributed by atoms with Crippen LogP contribution in [0.1, 0.15) is 6.92 Å². The van der Waals surface area contributed by atoms with Crippen molar-refractivity contribution in [2.24, 2.45) is 5.73 Å². The van der Waals surface area contributed by atoms with Crippen LogP contribution in [0, 0.1) is 0 Å². The van der Waals surface area contributed by atoms with Crippen molar-refractivity contribution >= 4 is 40.7 Å². The molecule has 1 rings (SSSR count). The summed E-state index contributed by atoms with van der Waals surface area (Å²) in [5, 5.41) is 1.02. The fourth-order valence-electron chi connectivity index (χ4n) is 0.945. The van der Waals surface area contributed by atoms with Crippen molar-refractivity contribution in [3.63, 3.8) is 0 Å². The van der Waals surface area contributed by atoms with E-state index in [9.17, 15) is 0 Å². The van der Waals surface area contributed by atoms with E-state index in [0.717, 1.165) is 0 Å². The third-order valence-electron chi connectivity index (χ3n) is 1.47. The summed E-state index contributed by atoms with van der Waals surface area (Å²) in [4.78, 5) is 0.671. The van der Waals surface area contributed by atoms with E-state index < -0.39 is 0 Å². The fourth-order valence-corrected chi connectivity index (χ4v) is 4.06. The van der Waals surface area contributed by atoms with E-state index in [0.29, 0.717) is 15.5 Å². The van der Waals surface area contributed by atoms with E-state index in [1.54, 1.807) is 0 Å². The van der Waals surface area contributed by atoms with E-state index in [1.807, 2.05) is 23.5 Å². The smallest absolute Gasteiger partial charge is 0.0870 e. The van der Waals surface area contributed by atoms with Crippen LogP contribution in [-0.4, -0.2) is 27.0 Å². The molecule has 1 nitrogen and oxygen atoms in total. The Morgan fingerprint density at radius 2 is 2.10 bits per heavy atom. The lowest BCUT2D eigenvalue weighted by Crippen LogP contribution is -2.34. The van der Waals surface area contributed by atoms with Gasteiger partial charge in [-0.05, 0) is 0 Å². The van der Waals surface area contributed by atoms with Crippen molar-refractivity contribution in [2.75, 3.05) is 11.5 Å². The van der Waals surface area contributed by atoms with Crippen LogP contribution in [0.4, 0.5) is 0 Å². The zero-order chi connectivity index (χ0) is 7.56. The molecule has 0 aromatic carbocycles. The highest BCUT2D eigenvalue weighted by Gasteiger charge is 2.24. The molecule has 1 heterocycles. The van der Waals surface area contributed by atoms with Crippen LogP contribution in [0.25, 0.3) is 0 Å². The molecule has 2 unspecified atom stereocenters. The van der Waals surface area contributed by atoms with Gasteiger partial charge < -0.3 is 5.73 Å². The molecule has 0 amide bonds. The third-order valence-corrected chi connectivity index (χ3v) is 5.00. The molecular weight excluding hydrogens is 182 g/mol. The first-order chi connectivity index (χ1) is 4.72. The molecule has 1 aliphatic rings. The minimum atomic E-state index is 0.411. The predicted molar refractivity (Wildman–Crippen MR) is 55.0 cm³/mol. The number of nitrogens with two attached hydrogens (primary N) is 1. The molecule has 0 spiro atoms. The lowest BCUT2D eigenvalue weighted by Gasteiger charge is -2.26. The number of thiocarbonyl (C=S) groups is 1. The van der Waals surface area contributed by atoms with Gasteiger partial charge in [-0.15, -0.1) is 11.8 Å². The topological polar surface area (TPSA) is 26.0 Å². The molecule has 0 radical (unpaired) electrons. The molecule has 0 aromatic heterocycles. The van der Waals surface area contributed by atoms with Crippen LogP contribution in [-0.2, 0) is 0 Å². The Bertz CT molecular complexity index is 137. The van der Waals surface area contributed by atoms with Crippen molar-refractivity contribution in [2.45, 2.75) is 17.4 Å². The predicted octanol–water partition coefficient (Wildman–Crippen LogP) is 1.51. The molecule has 1 aliphatic heterocycles. The second-order valence-electron chi connectivity index (χ2n) is 2.27. The van der Waals surface area contributed by atoms with Gasteiger partial charge in [-0.1, -0.05) is 19.1 Å². The van der Waals surface area contributed by atoms with Crippen LogP contribution in [0.2, 0.25) is 0 Å². The first-order valence-corrected chi connectivity index (χ1v) is 5.75. The Kier molecular flexibility index (Phi) is 3.33. The van der Waals surface area contributed by atoms with Gasteiger partial charge in [0, 0.05) is 16.8 Å². The average molecular weight is 193 g/mol. The van der Waals surface area contributed by atoms with Crippen LogP contribution in [0.5, 0.6) is 0 Å². The first-order valence-electron chi connectivity index (χ1n) is 3.24. The van der Waals surface area contributed by atoms with Gasteiger partial charge in [-0.25, -0.2) is 0 Å². The van der Waals surface area contributed by atoms with E-state index in [-0.39, 0.29) is 0 Å². The first kappa shape index (κ1) is 8.68. The van der Waals surface area contributed by atoms with Crippen LogP contribution < -0.4 is 5.73 Å². The minimum Gasteiger partial charge on any atom is -0.392 e. The summed E-state index contributed by atoms with van der Waals surface area (Å²) in [5.74, 6) is 2.43. The number of rotatable bonds is 1. The van der Waals surface area contributed by atoms with Crippen molar-refractivity contribution in [1.82, 2.24) is 0 Å². The lowest BCUT2D eigenvalue weighted by atomic mass is 10.3. The molecule has 58 valence electrons. The molecule has 2 N–H and O–H groups in total. The normalized spacial score (nSPS) is 33.7. The van der Waals surface area contributed by atoms with Crippen LogP contribution in [0.15, 0.2) is 0 Å². The summed E-state index contributed by atoms with van der Waals surface area (Å²) in [6.07, 6.45) is 0. The second-order valence-corrected chi connectivity index (χ2v) is 5.48. The maximum Gasteiger partial charge on any atom is 0.0870 e. The van der Waals surface area contributed by atoms with Gasteiger partial charge in [0.2, 0.25) is 0 Å². The summed E-state index contributed by atoms with van der Waals surface area (Å²) < 4.78 is 0. The molecule has 1 saturated heterocycles. The zero-order valence-corrected chi connectivity index (χ0v) is 8.32. The van der Waals surface area contributed by atoms with Crippen LogP contribution in [0.3, 0.4) is 0 Å². The van der Waals surface area contributed by atoms with Crippen molar-refractivity contribution in [1.29, 1.82) is 0 Å². The average Bonchev–Trinajstić information content (AvgIpc) is 1.88. The molecule has 2 atom stereocenters. The highest BCUT2D eigenvalue weighted by molar-refractivity contribution is 8.08. The Hall–Kier alpha value is 0.590. The van der Waals surface area contributed by atoms with Gasteiger partial charge in [0.05, 0.1) is 10.2 Å². The Morgan fingerprint density at radius 1 is 1.50 bits per heavy atom. The summed E-state index contributed by atoms with van der Waals surface area (Å²) in [6.45, 7) is 2.20. The van der Waals surface area contributed by atoms with Crippen LogP contribution >= 0.6 is 35.7 Å². The lowest BCUT2D eigenvalue weighted by molar-refractivity contribution is 1.02. The molecule has 0 aliphatic carbocycles. The van der Waals surface area contributed by atoms with Gasteiger partial charge in [-0.2, -0.15) is 11.8 Å². The Morgan fingerprint density at radius 3 is 2.50 bits per heavy atom.